The lowest BCUT2D eigenvalue weighted by molar-refractivity contribution is 0.199. The summed E-state index contributed by atoms with van der Waals surface area (Å²) in [5.74, 6) is -0.422. The third-order valence-electron chi connectivity index (χ3n) is 3.13. The number of halogens is 1. The van der Waals surface area contributed by atoms with Crippen LogP contribution in [0.1, 0.15) is 25.2 Å². The Balaban J connectivity index is 3.26. The Bertz CT molecular complexity index is 426. The molecule has 0 aromatic heterocycles. The summed E-state index contributed by atoms with van der Waals surface area (Å²) in [4.78, 5) is 2.05. The summed E-state index contributed by atoms with van der Waals surface area (Å²) in [7, 11) is -0.408. The van der Waals surface area contributed by atoms with Crippen molar-refractivity contribution >= 4 is 19.2 Å². The zero-order chi connectivity index (χ0) is 14.5. The highest BCUT2D eigenvalue weighted by molar-refractivity contribution is 7.54. The van der Waals surface area contributed by atoms with E-state index in [4.69, 9.17) is 20.6 Å². The first-order valence-electron chi connectivity index (χ1n) is 6.23. The van der Waals surface area contributed by atoms with Crippen molar-refractivity contribution in [1.29, 1.82) is 0 Å². The monoisotopic (exact) mass is 305 g/mol. The van der Waals surface area contributed by atoms with Gasteiger partial charge in [0.15, 0.2) is 0 Å². The molecule has 4 nitrogen and oxygen atoms in total. The number of hydrogen-bond acceptors (Lipinski definition) is 4. The van der Waals surface area contributed by atoms with Gasteiger partial charge in [-0.25, -0.2) is 0 Å². The van der Waals surface area contributed by atoms with Crippen LogP contribution in [0.2, 0.25) is 5.02 Å². The maximum Gasteiger partial charge on any atom is 0.351 e. The molecule has 0 amide bonds. The van der Waals surface area contributed by atoms with E-state index >= 15 is 0 Å². The summed E-state index contributed by atoms with van der Waals surface area (Å²) < 4.78 is 23.1. The van der Waals surface area contributed by atoms with Gasteiger partial charge in [0.1, 0.15) is 5.78 Å². The van der Waals surface area contributed by atoms with Crippen molar-refractivity contribution in [3.63, 3.8) is 0 Å². The zero-order valence-electron chi connectivity index (χ0n) is 11.8. The number of hydrogen-bond donors (Lipinski definition) is 0. The Morgan fingerprint density at radius 1 is 1.16 bits per heavy atom. The summed E-state index contributed by atoms with van der Waals surface area (Å²) >= 11 is 5.90. The van der Waals surface area contributed by atoms with Crippen LogP contribution in [-0.4, -0.2) is 32.2 Å². The van der Waals surface area contributed by atoms with Gasteiger partial charge in [-0.15, -0.1) is 0 Å². The van der Waals surface area contributed by atoms with Gasteiger partial charge in [-0.3, -0.25) is 9.46 Å². The van der Waals surface area contributed by atoms with E-state index in [0.29, 0.717) is 5.02 Å². The molecule has 19 heavy (non-hydrogen) atoms. The summed E-state index contributed by atoms with van der Waals surface area (Å²) in [6, 6.07) is 7.28. The van der Waals surface area contributed by atoms with Crippen LogP contribution in [-0.2, 0) is 13.6 Å². The third-order valence-corrected chi connectivity index (χ3v) is 5.63. The van der Waals surface area contributed by atoms with Gasteiger partial charge in [0, 0.05) is 19.2 Å². The maximum atomic E-state index is 12.8. The van der Waals surface area contributed by atoms with Crippen LogP contribution in [0, 0.1) is 0 Å². The minimum atomic E-state index is -3.23. The molecule has 1 aromatic rings. The highest BCUT2D eigenvalue weighted by Crippen LogP contribution is 2.61. The van der Waals surface area contributed by atoms with Crippen LogP contribution >= 0.6 is 19.2 Å². The van der Waals surface area contributed by atoms with Gasteiger partial charge >= 0.3 is 7.60 Å². The molecule has 0 heterocycles. The molecule has 108 valence electrons. The van der Waals surface area contributed by atoms with Crippen molar-refractivity contribution in [1.82, 2.24) is 4.90 Å². The van der Waals surface area contributed by atoms with Crippen molar-refractivity contribution in [3.8, 4) is 0 Å². The van der Waals surface area contributed by atoms with Crippen molar-refractivity contribution in [2.24, 2.45) is 0 Å². The van der Waals surface area contributed by atoms with Gasteiger partial charge in [0.05, 0.1) is 0 Å². The molecular weight excluding hydrogens is 285 g/mol. The Morgan fingerprint density at radius 2 is 1.63 bits per heavy atom. The maximum absolute atomic E-state index is 12.8. The minimum Gasteiger partial charge on any atom is -0.311 e. The lowest BCUT2D eigenvalue weighted by Crippen LogP contribution is -2.29. The van der Waals surface area contributed by atoms with E-state index in [0.717, 1.165) is 18.7 Å². The van der Waals surface area contributed by atoms with Gasteiger partial charge in [-0.05, 0) is 30.8 Å². The van der Waals surface area contributed by atoms with Crippen molar-refractivity contribution in [2.45, 2.75) is 19.6 Å². The standard InChI is InChI=1S/C13H21ClNO3P/c1-5-15(6-2)13(19(16,17-3)18-4)11-7-9-12(14)10-8-11/h7-10,13H,5-6H2,1-4H3. The van der Waals surface area contributed by atoms with Gasteiger partial charge < -0.3 is 9.05 Å². The van der Waals surface area contributed by atoms with Crippen LogP contribution in [0.4, 0.5) is 0 Å². The summed E-state index contributed by atoms with van der Waals surface area (Å²) in [5.41, 5.74) is 0.875. The highest BCUT2D eigenvalue weighted by Gasteiger charge is 2.38. The second kappa shape index (κ2) is 7.41. The molecule has 0 fully saturated rings. The molecule has 0 saturated carbocycles. The van der Waals surface area contributed by atoms with Crippen LogP contribution in [0.15, 0.2) is 24.3 Å². The first kappa shape index (κ1) is 16.7. The normalized spacial score (nSPS) is 13.8. The third kappa shape index (κ3) is 3.80. The average Bonchev–Trinajstić information content (AvgIpc) is 2.45. The van der Waals surface area contributed by atoms with Gasteiger partial charge in [0.25, 0.3) is 0 Å². The Hall–Kier alpha value is -0.380. The second-order valence-corrected chi connectivity index (χ2v) is 6.79. The van der Waals surface area contributed by atoms with Crippen molar-refractivity contribution < 1.29 is 13.6 Å². The number of benzene rings is 1. The van der Waals surface area contributed by atoms with E-state index in [9.17, 15) is 4.57 Å². The molecule has 0 N–H and O–H groups in total. The van der Waals surface area contributed by atoms with Crippen LogP contribution < -0.4 is 0 Å². The fourth-order valence-corrected chi connectivity index (χ4v) is 4.01. The average molecular weight is 306 g/mol. The smallest absolute Gasteiger partial charge is 0.311 e. The molecule has 6 heteroatoms. The van der Waals surface area contributed by atoms with E-state index in [-0.39, 0.29) is 0 Å². The van der Waals surface area contributed by atoms with E-state index in [1.165, 1.54) is 14.2 Å². The quantitative estimate of drug-likeness (QED) is 0.709. The Kier molecular flexibility index (Phi) is 6.51. The topological polar surface area (TPSA) is 38.8 Å². The summed E-state index contributed by atoms with van der Waals surface area (Å²) in [5, 5.41) is 0.645. The molecule has 0 aliphatic carbocycles. The van der Waals surface area contributed by atoms with E-state index in [2.05, 4.69) is 4.90 Å². The molecule has 0 radical (unpaired) electrons. The molecule has 1 atom stereocenters. The minimum absolute atomic E-state index is 0.422. The van der Waals surface area contributed by atoms with Crippen LogP contribution in [0.25, 0.3) is 0 Å². The molecule has 0 bridgehead atoms. The predicted molar refractivity (Wildman–Crippen MR) is 78.7 cm³/mol. The molecule has 0 saturated heterocycles. The predicted octanol–water partition coefficient (Wildman–Crippen LogP) is 4.17. The molecule has 0 aliphatic heterocycles. The Labute approximate surface area is 120 Å². The van der Waals surface area contributed by atoms with Crippen molar-refractivity contribution in [3.05, 3.63) is 34.9 Å². The number of nitrogens with zero attached hydrogens (tertiary/aromatic N) is 1. The lowest BCUT2D eigenvalue weighted by atomic mass is 10.2. The molecule has 1 unspecified atom stereocenters. The van der Waals surface area contributed by atoms with Gasteiger partial charge in [-0.1, -0.05) is 37.6 Å². The summed E-state index contributed by atoms with van der Waals surface area (Å²) in [6.07, 6.45) is 0. The SMILES string of the molecule is CCN(CC)C(c1ccc(Cl)cc1)P(=O)(OC)OC. The summed E-state index contributed by atoms with van der Waals surface area (Å²) in [6.45, 7) is 5.53. The fourth-order valence-electron chi connectivity index (χ4n) is 2.07. The fraction of sp³-hybridized carbons (Fsp3) is 0.538. The van der Waals surface area contributed by atoms with E-state index < -0.39 is 13.4 Å². The van der Waals surface area contributed by atoms with Gasteiger partial charge in [0.2, 0.25) is 0 Å². The molecule has 0 aliphatic rings. The lowest BCUT2D eigenvalue weighted by Gasteiger charge is -2.33. The van der Waals surface area contributed by atoms with E-state index in [1.54, 1.807) is 12.1 Å². The first-order valence-corrected chi connectivity index (χ1v) is 8.22. The van der Waals surface area contributed by atoms with Crippen molar-refractivity contribution in [2.75, 3.05) is 27.3 Å². The van der Waals surface area contributed by atoms with Gasteiger partial charge in [-0.2, -0.15) is 0 Å². The highest BCUT2D eigenvalue weighted by atomic mass is 35.5. The molecule has 1 aromatic carbocycles. The molecule has 1 rings (SSSR count). The zero-order valence-corrected chi connectivity index (χ0v) is 13.4. The second-order valence-electron chi connectivity index (χ2n) is 4.05. The number of rotatable bonds is 7. The molecular formula is C13H21ClNO3P. The first-order chi connectivity index (χ1) is 9.02. The van der Waals surface area contributed by atoms with Crippen LogP contribution in [0.3, 0.4) is 0 Å². The Morgan fingerprint density at radius 3 is 2.00 bits per heavy atom. The van der Waals surface area contributed by atoms with Crippen LogP contribution in [0.5, 0.6) is 0 Å². The molecule has 0 spiro atoms. The largest absolute Gasteiger partial charge is 0.351 e. The van der Waals surface area contributed by atoms with E-state index in [1.807, 2.05) is 26.0 Å².